The summed E-state index contributed by atoms with van der Waals surface area (Å²) in [6.45, 7) is 3.76. The molecule has 0 atom stereocenters. The van der Waals surface area contributed by atoms with Crippen molar-refractivity contribution in [2.75, 3.05) is 5.75 Å². The average Bonchev–Trinajstić information content (AvgIpc) is 2.98. The summed E-state index contributed by atoms with van der Waals surface area (Å²) in [5.41, 5.74) is 0.293. The minimum absolute atomic E-state index is 0.0613. The lowest BCUT2D eigenvalue weighted by atomic mass is 10.3. The van der Waals surface area contributed by atoms with Crippen molar-refractivity contribution in [3.8, 4) is 5.69 Å². The quantitative estimate of drug-likeness (QED) is 0.699. The zero-order valence-corrected chi connectivity index (χ0v) is 14.5. The molecule has 2 heterocycles. The van der Waals surface area contributed by atoms with Gasteiger partial charge in [0.05, 0.1) is 5.75 Å². The van der Waals surface area contributed by atoms with Crippen molar-refractivity contribution in [2.45, 2.75) is 25.0 Å². The van der Waals surface area contributed by atoms with Crippen molar-refractivity contribution in [3.05, 3.63) is 52.8 Å². The molecule has 1 amide bonds. The molecule has 3 rings (SSSR count). The molecule has 0 aliphatic rings. The third-order valence-corrected chi connectivity index (χ3v) is 4.27. The molecule has 9 heteroatoms. The standard InChI is InChI=1S/C16H16FN5O2S/c1-10(2)18-13(23)9-25-16-20-19-14-15(24)21(7-8-22(14)16)12-5-3-11(17)4-6-12/h3-8,10H,9H2,1-2H3,(H,18,23). The minimum Gasteiger partial charge on any atom is -0.353 e. The second-order valence-corrected chi connectivity index (χ2v) is 6.58. The lowest BCUT2D eigenvalue weighted by Crippen LogP contribution is -2.31. The van der Waals surface area contributed by atoms with Crippen LogP contribution in [-0.2, 0) is 4.79 Å². The van der Waals surface area contributed by atoms with Gasteiger partial charge in [-0.3, -0.25) is 18.6 Å². The Morgan fingerprint density at radius 2 is 1.96 bits per heavy atom. The number of carbonyl (C=O) groups excluding carboxylic acids is 1. The van der Waals surface area contributed by atoms with Gasteiger partial charge in [-0.25, -0.2) is 4.39 Å². The Balaban J connectivity index is 1.88. The Hall–Kier alpha value is -2.68. The van der Waals surface area contributed by atoms with Gasteiger partial charge in [0.15, 0.2) is 5.16 Å². The van der Waals surface area contributed by atoms with E-state index in [4.69, 9.17) is 0 Å². The largest absolute Gasteiger partial charge is 0.353 e. The molecule has 130 valence electrons. The van der Waals surface area contributed by atoms with E-state index in [1.807, 2.05) is 13.8 Å². The number of rotatable bonds is 5. The maximum absolute atomic E-state index is 13.0. The summed E-state index contributed by atoms with van der Waals surface area (Å²) in [5, 5.41) is 11.1. The molecule has 0 radical (unpaired) electrons. The van der Waals surface area contributed by atoms with E-state index in [2.05, 4.69) is 15.5 Å². The van der Waals surface area contributed by atoms with E-state index >= 15 is 0 Å². The monoisotopic (exact) mass is 361 g/mol. The molecular formula is C16H16FN5O2S. The number of nitrogens with one attached hydrogen (secondary N) is 1. The fourth-order valence-corrected chi connectivity index (χ4v) is 2.99. The molecule has 1 N–H and O–H groups in total. The van der Waals surface area contributed by atoms with Gasteiger partial charge in [0.25, 0.3) is 0 Å². The van der Waals surface area contributed by atoms with Crippen molar-refractivity contribution in [3.63, 3.8) is 0 Å². The molecule has 0 aliphatic carbocycles. The lowest BCUT2D eigenvalue weighted by Gasteiger charge is -2.08. The van der Waals surface area contributed by atoms with E-state index in [0.717, 1.165) is 0 Å². The van der Waals surface area contributed by atoms with E-state index in [1.54, 1.807) is 12.4 Å². The molecular weight excluding hydrogens is 345 g/mol. The Bertz CT molecular complexity index is 965. The highest BCUT2D eigenvalue weighted by Gasteiger charge is 2.13. The van der Waals surface area contributed by atoms with Crippen molar-refractivity contribution in [1.29, 1.82) is 0 Å². The third kappa shape index (κ3) is 3.71. The Morgan fingerprint density at radius 1 is 1.24 bits per heavy atom. The fraction of sp³-hybridized carbons (Fsp3) is 0.250. The molecule has 1 aromatic carbocycles. The second kappa shape index (κ2) is 7.06. The van der Waals surface area contributed by atoms with E-state index in [-0.39, 0.29) is 34.7 Å². The van der Waals surface area contributed by atoms with Crippen LogP contribution in [0.4, 0.5) is 4.39 Å². The predicted molar refractivity (Wildman–Crippen MR) is 92.5 cm³/mol. The van der Waals surface area contributed by atoms with Crippen LogP contribution in [-0.4, -0.2) is 36.9 Å². The van der Waals surface area contributed by atoms with Gasteiger partial charge >= 0.3 is 5.56 Å². The van der Waals surface area contributed by atoms with Gasteiger partial charge in [0.1, 0.15) is 5.82 Å². The molecule has 0 saturated heterocycles. The zero-order chi connectivity index (χ0) is 18.0. The van der Waals surface area contributed by atoms with Crippen LogP contribution in [0.25, 0.3) is 11.3 Å². The van der Waals surface area contributed by atoms with Crippen molar-refractivity contribution < 1.29 is 9.18 Å². The summed E-state index contributed by atoms with van der Waals surface area (Å²) in [6, 6.07) is 5.64. The number of thioether (sulfide) groups is 1. The maximum Gasteiger partial charge on any atom is 0.300 e. The molecule has 2 aromatic heterocycles. The van der Waals surface area contributed by atoms with E-state index in [9.17, 15) is 14.0 Å². The highest BCUT2D eigenvalue weighted by atomic mass is 32.2. The minimum atomic E-state index is -0.376. The molecule has 0 fully saturated rings. The molecule has 0 saturated carbocycles. The molecule has 0 bridgehead atoms. The summed E-state index contributed by atoms with van der Waals surface area (Å²) >= 11 is 1.20. The number of hydrogen-bond donors (Lipinski definition) is 1. The summed E-state index contributed by atoms with van der Waals surface area (Å²) in [4.78, 5) is 24.3. The Kier molecular flexibility index (Phi) is 4.84. The average molecular weight is 361 g/mol. The van der Waals surface area contributed by atoms with Gasteiger partial charge in [0.2, 0.25) is 11.6 Å². The molecule has 0 aliphatic heterocycles. The smallest absolute Gasteiger partial charge is 0.300 e. The van der Waals surface area contributed by atoms with Crippen molar-refractivity contribution in [2.24, 2.45) is 0 Å². The number of fused-ring (bicyclic) bond motifs is 1. The number of halogens is 1. The first-order valence-electron chi connectivity index (χ1n) is 7.60. The number of nitrogens with zero attached hydrogens (tertiary/aromatic N) is 4. The summed E-state index contributed by atoms with van der Waals surface area (Å²) in [5.74, 6) is -0.310. The van der Waals surface area contributed by atoms with Crippen LogP contribution in [0.5, 0.6) is 0 Å². The summed E-state index contributed by atoms with van der Waals surface area (Å²) in [7, 11) is 0. The number of benzene rings is 1. The first-order valence-corrected chi connectivity index (χ1v) is 8.59. The number of aromatic nitrogens is 4. The van der Waals surface area contributed by atoms with Crippen molar-refractivity contribution in [1.82, 2.24) is 24.5 Å². The van der Waals surface area contributed by atoms with E-state index in [0.29, 0.717) is 10.8 Å². The van der Waals surface area contributed by atoms with Gasteiger partial charge in [-0.15, -0.1) is 10.2 Å². The van der Waals surface area contributed by atoms with Gasteiger partial charge in [0, 0.05) is 24.1 Å². The summed E-state index contributed by atoms with van der Waals surface area (Å²) < 4.78 is 15.9. The number of amides is 1. The van der Waals surface area contributed by atoms with Crippen LogP contribution >= 0.6 is 11.8 Å². The van der Waals surface area contributed by atoms with Gasteiger partial charge in [-0.05, 0) is 38.1 Å². The van der Waals surface area contributed by atoms with Crippen LogP contribution in [0, 0.1) is 5.82 Å². The van der Waals surface area contributed by atoms with Gasteiger partial charge in [-0.2, -0.15) is 0 Å². The Morgan fingerprint density at radius 3 is 2.64 bits per heavy atom. The first kappa shape index (κ1) is 17.2. The summed E-state index contributed by atoms with van der Waals surface area (Å²) in [6.07, 6.45) is 3.20. The molecule has 3 aromatic rings. The molecule has 0 unspecified atom stereocenters. The van der Waals surface area contributed by atoms with Crippen LogP contribution in [0.1, 0.15) is 13.8 Å². The normalized spacial score (nSPS) is 11.2. The highest BCUT2D eigenvalue weighted by Crippen LogP contribution is 2.16. The SMILES string of the molecule is CC(C)NC(=O)CSc1nnc2c(=O)n(-c3ccc(F)cc3)ccn12. The maximum atomic E-state index is 13.0. The van der Waals surface area contributed by atoms with E-state index in [1.165, 1.54) is 45.0 Å². The van der Waals surface area contributed by atoms with Crippen LogP contribution in [0.3, 0.4) is 0 Å². The number of hydrogen-bond acceptors (Lipinski definition) is 5. The van der Waals surface area contributed by atoms with Crippen LogP contribution in [0.2, 0.25) is 0 Å². The molecule has 0 spiro atoms. The zero-order valence-electron chi connectivity index (χ0n) is 13.6. The molecule has 25 heavy (non-hydrogen) atoms. The highest BCUT2D eigenvalue weighted by molar-refractivity contribution is 7.99. The lowest BCUT2D eigenvalue weighted by molar-refractivity contribution is -0.119. The topological polar surface area (TPSA) is 81.3 Å². The van der Waals surface area contributed by atoms with Gasteiger partial charge in [-0.1, -0.05) is 11.8 Å². The van der Waals surface area contributed by atoms with Crippen LogP contribution in [0.15, 0.2) is 46.6 Å². The van der Waals surface area contributed by atoms with E-state index < -0.39 is 0 Å². The second-order valence-electron chi connectivity index (χ2n) is 5.64. The first-order chi connectivity index (χ1) is 12.0. The molecule has 7 nitrogen and oxygen atoms in total. The van der Waals surface area contributed by atoms with Crippen LogP contribution < -0.4 is 10.9 Å². The predicted octanol–water partition coefficient (Wildman–Crippen LogP) is 1.64. The Labute approximate surface area is 146 Å². The van der Waals surface area contributed by atoms with Crippen molar-refractivity contribution >= 4 is 23.3 Å². The third-order valence-electron chi connectivity index (χ3n) is 3.33. The van der Waals surface area contributed by atoms with Gasteiger partial charge < -0.3 is 5.32 Å². The fourth-order valence-electron chi connectivity index (χ4n) is 2.26. The number of carbonyl (C=O) groups is 1.